The Morgan fingerprint density at radius 3 is 2.17 bits per heavy atom. The molecule has 1 N–H and O–H groups in total. The highest BCUT2D eigenvalue weighted by atomic mass is 35.5. The number of sulfonamides is 1. The predicted molar refractivity (Wildman–Crippen MR) is 166 cm³/mol. The van der Waals surface area contributed by atoms with Gasteiger partial charge < -0.3 is 10.2 Å². The number of rotatable bonds is 11. The highest BCUT2D eigenvalue weighted by molar-refractivity contribution is 7.92. The van der Waals surface area contributed by atoms with Gasteiger partial charge in [-0.3, -0.25) is 13.9 Å². The smallest absolute Gasteiger partial charge is 0.264 e. The molecule has 0 aliphatic heterocycles. The summed E-state index contributed by atoms with van der Waals surface area (Å²) in [4.78, 5) is 28.6. The van der Waals surface area contributed by atoms with E-state index in [1.165, 1.54) is 23.1 Å². The molecule has 3 aromatic carbocycles. The Labute approximate surface area is 257 Å². The molecule has 41 heavy (non-hydrogen) atoms. The molecule has 2 amide bonds. The number of aryl methyl sites for hydroxylation is 2. The SMILES string of the molecule is CC[C@@H](C)NC(=O)[C@@H](C)N(Cc1ccc(Cl)c(Cl)c1)C(=O)CN(c1cc(Cl)ccc1C)S(=O)(=O)c1ccc(C)cc1. The topological polar surface area (TPSA) is 86.8 Å². The quantitative estimate of drug-likeness (QED) is 0.251. The van der Waals surface area contributed by atoms with Crippen LogP contribution in [0.4, 0.5) is 5.69 Å². The normalized spacial score (nSPS) is 12.9. The number of amides is 2. The van der Waals surface area contributed by atoms with Crippen molar-refractivity contribution in [1.29, 1.82) is 0 Å². The van der Waals surface area contributed by atoms with Crippen LogP contribution in [0, 0.1) is 13.8 Å². The highest BCUT2D eigenvalue weighted by Gasteiger charge is 2.33. The number of hydrogen-bond donors (Lipinski definition) is 1. The summed E-state index contributed by atoms with van der Waals surface area (Å²) < 4.78 is 29.0. The Morgan fingerprint density at radius 2 is 1.56 bits per heavy atom. The zero-order valence-electron chi connectivity index (χ0n) is 23.6. The van der Waals surface area contributed by atoms with Gasteiger partial charge in [0.15, 0.2) is 0 Å². The van der Waals surface area contributed by atoms with Crippen molar-refractivity contribution in [2.24, 2.45) is 0 Å². The molecule has 2 atom stereocenters. The maximum Gasteiger partial charge on any atom is 0.264 e. The standard InChI is InChI=1S/C30H34Cl3N3O4S/c1-6-21(4)34-30(38)22(5)35(17-23-10-14-26(32)27(33)15-23)29(37)18-36(28-16-24(31)11-9-20(28)3)41(39,40)25-12-7-19(2)8-13-25/h7-16,21-22H,6,17-18H2,1-5H3,(H,34,38)/t21-,22-/m1/s1. The summed E-state index contributed by atoms with van der Waals surface area (Å²) in [6.07, 6.45) is 0.704. The van der Waals surface area contributed by atoms with E-state index in [0.29, 0.717) is 32.6 Å². The second-order valence-electron chi connectivity index (χ2n) is 10.0. The summed E-state index contributed by atoms with van der Waals surface area (Å²) in [5, 5.41) is 3.87. The number of anilines is 1. The van der Waals surface area contributed by atoms with Crippen molar-refractivity contribution in [3.63, 3.8) is 0 Å². The molecule has 0 heterocycles. The number of carbonyl (C=O) groups is 2. The van der Waals surface area contributed by atoms with Crippen LogP contribution in [0.15, 0.2) is 65.6 Å². The van der Waals surface area contributed by atoms with E-state index in [0.717, 1.165) is 9.87 Å². The van der Waals surface area contributed by atoms with Crippen molar-refractivity contribution in [3.05, 3.63) is 92.4 Å². The van der Waals surface area contributed by atoms with Crippen LogP contribution in [-0.4, -0.2) is 43.8 Å². The lowest BCUT2D eigenvalue weighted by Crippen LogP contribution is -2.52. The van der Waals surface area contributed by atoms with Gasteiger partial charge in [-0.05, 0) is 81.6 Å². The molecule has 3 rings (SSSR count). The van der Waals surface area contributed by atoms with Crippen LogP contribution in [0.25, 0.3) is 0 Å². The largest absolute Gasteiger partial charge is 0.352 e. The molecule has 7 nitrogen and oxygen atoms in total. The molecule has 3 aromatic rings. The first kappa shape index (κ1) is 32.7. The predicted octanol–water partition coefficient (Wildman–Crippen LogP) is 6.79. The van der Waals surface area contributed by atoms with Gasteiger partial charge in [-0.25, -0.2) is 8.42 Å². The summed E-state index contributed by atoms with van der Waals surface area (Å²) in [5.74, 6) is -0.947. The fraction of sp³-hybridized carbons (Fsp3) is 0.333. The monoisotopic (exact) mass is 637 g/mol. The van der Waals surface area contributed by atoms with Gasteiger partial charge in [0, 0.05) is 17.6 Å². The second-order valence-corrected chi connectivity index (χ2v) is 13.1. The third-order valence-electron chi connectivity index (χ3n) is 6.83. The van der Waals surface area contributed by atoms with Gasteiger partial charge in [0.25, 0.3) is 10.0 Å². The van der Waals surface area contributed by atoms with Gasteiger partial charge in [0.2, 0.25) is 11.8 Å². The van der Waals surface area contributed by atoms with E-state index in [1.807, 2.05) is 20.8 Å². The third-order valence-corrected chi connectivity index (χ3v) is 9.58. The molecule has 0 aromatic heterocycles. The Kier molecular flexibility index (Phi) is 11.1. The van der Waals surface area contributed by atoms with E-state index in [2.05, 4.69) is 5.32 Å². The minimum Gasteiger partial charge on any atom is -0.352 e. The summed E-state index contributed by atoms with van der Waals surface area (Å²) in [7, 11) is -4.20. The molecule has 0 radical (unpaired) electrons. The number of carbonyl (C=O) groups excluding carboxylic acids is 2. The molecular formula is C30H34Cl3N3O4S. The van der Waals surface area contributed by atoms with Gasteiger partial charge in [-0.2, -0.15) is 0 Å². The van der Waals surface area contributed by atoms with Crippen LogP contribution in [0.5, 0.6) is 0 Å². The van der Waals surface area contributed by atoms with Gasteiger partial charge in [-0.15, -0.1) is 0 Å². The van der Waals surface area contributed by atoms with E-state index in [1.54, 1.807) is 56.3 Å². The van der Waals surface area contributed by atoms with Crippen LogP contribution in [-0.2, 0) is 26.2 Å². The Hall–Kier alpha value is -2.78. The molecule has 0 saturated carbocycles. The highest BCUT2D eigenvalue weighted by Crippen LogP contribution is 2.30. The third kappa shape index (κ3) is 8.16. The lowest BCUT2D eigenvalue weighted by molar-refractivity contribution is -0.139. The second kappa shape index (κ2) is 13.9. The van der Waals surface area contributed by atoms with Crippen molar-refractivity contribution < 1.29 is 18.0 Å². The van der Waals surface area contributed by atoms with Crippen LogP contribution in [0.1, 0.15) is 43.9 Å². The molecule has 0 bridgehead atoms. The van der Waals surface area contributed by atoms with E-state index in [4.69, 9.17) is 34.8 Å². The van der Waals surface area contributed by atoms with Crippen LogP contribution < -0.4 is 9.62 Å². The molecule has 11 heteroatoms. The Balaban J connectivity index is 2.08. The minimum atomic E-state index is -4.20. The van der Waals surface area contributed by atoms with Crippen LogP contribution in [0.2, 0.25) is 15.1 Å². The lowest BCUT2D eigenvalue weighted by Gasteiger charge is -2.33. The molecule has 0 spiro atoms. The lowest BCUT2D eigenvalue weighted by atomic mass is 10.1. The van der Waals surface area contributed by atoms with E-state index in [9.17, 15) is 18.0 Å². The van der Waals surface area contributed by atoms with Crippen LogP contribution in [0.3, 0.4) is 0 Å². The van der Waals surface area contributed by atoms with Crippen LogP contribution >= 0.6 is 34.8 Å². The van der Waals surface area contributed by atoms with E-state index < -0.39 is 28.5 Å². The first-order valence-corrected chi connectivity index (χ1v) is 15.7. The van der Waals surface area contributed by atoms with Gasteiger partial charge >= 0.3 is 0 Å². The number of nitrogens with one attached hydrogen (secondary N) is 1. The first-order valence-electron chi connectivity index (χ1n) is 13.1. The van der Waals surface area contributed by atoms with Crippen molar-refractivity contribution in [2.45, 2.75) is 64.6 Å². The number of halogens is 3. The fourth-order valence-corrected chi connectivity index (χ4v) is 6.04. The van der Waals surface area contributed by atoms with Gasteiger partial charge in [-0.1, -0.05) is 71.6 Å². The first-order chi connectivity index (χ1) is 19.2. The zero-order valence-corrected chi connectivity index (χ0v) is 26.7. The zero-order chi connectivity index (χ0) is 30.5. The number of benzene rings is 3. The van der Waals surface area contributed by atoms with E-state index in [-0.39, 0.29) is 29.1 Å². The molecule has 220 valence electrons. The molecule has 0 fully saturated rings. The van der Waals surface area contributed by atoms with E-state index >= 15 is 0 Å². The summed E-state index contributed by atoms with van der Waals surface area (Å²) in [6.45, 7) is 8.44. The number of hydrogen-bond acceptors (Lipinski definition) is 4. The van der Waals surface area contributed by atoms with Crippen molar-refractivity contribution in [2.75, 3.05) is 10.8 Å². The summed E-state index contributed by atoms with van der Waals surface area (Å²) in [6, 6.07) is 15.1. The Bertz CT molecular complexity index is 1510. The molecule has 0 aliphatic carbocycles. The molecular weight excluding hydrogens is 605 g/mol. The van der Waals surface area contributed by atoms with Crippen molar-refractivity contribution >= 4 is 62.3 Å². The molecule has 0 unspecified atom stereocenters. The molecule has 0 saturated heterocycles. The van der Waals surface area contributed by atoms with Gasteiger partial charge in [0.1, 0.15) is 12.6 Å². The maximum absolute atomic E-state index is 14.1. The van der Waals surface area contributed by atoms with Crippen molar-refractivity contribution in [1.82, 2.24) is 10.2 Å². The minimum absolute atomic E-state index is 0.00222. The van der Waals surface area contributed by atoms with Gasteiger partial charge in [0.05, 0.1) is 20.6 Å². The average Bonchev–Trinajstić information content (AvgIpc) is 2.93. The average molecular weight is 639 g/mol. The maximum atomic E-state index is 14.1. The summed E-state index contributed by atoms with van der Waals surface area (Å²) in [5.41, 5.74) is 2.39. The summed E-state index contributed by atoms with van der Waals surface area (Å²) >= 11 is 18.6. The molecule has 0 aliphatic rings. The number of nitrogens with zero attached hydrogens (tertiary/aromatic N) is 2. The van der Waals surface area contributed by atoms with Crippen molar-refractivity contribution in [3.8, 4) is 0 Å². The fourth-order valence-electron chi connectivity index (χ4n) is 4.08. The Morgan fingerprint density at radius 1 is 0.902 bits per heavy atom.